The van der Waals surface area contributed by atoms with Crippen LogP contribution >= 0.6 is 0 Å². The monoisotopic (exact) mass is 642 g/mol. The Balaban J connectivity index is 1.28. The molecule has 0 unspecified atom stereocenters. The van der Waals surface area contributed by atoms with Crippen molar-refractivity contribution in [3.8, 4) is 50.6 Å². The van der Waals surface area contributed by atoms with Crippen LogP contribution in [0.1, 0.15) is 5.56 Å². The maximum Gasteiger partial charge on any atom is 0.123 e. The summed E-state index contributed by atoms with van der Waals surface area (Å²) in [6.07, 6.45) is 0. The van der Waals surface area contributed by atoms with Crippen molar-refractivity contribution in [2.75, 3.05) is 4.90 Å². The minimum atomic E-state index is -0.254. The van der Waals surface area contributed by atoms with Gasteiger partial charge in [0.05, 0.1) is 11.6 Å². The van der Waals surface area contributed by atoms with E-state index >= 15 is 0 Å². The Kier molecular flexibility index (Phi) is 8.19. The average molecular weight is 643 g/mol. The highest BCUT2D eigenvalue weighted by Crippen LogP contribution is 2.41. The van der Waals surface area contributed by atoms with Crippen molar-refractivity contribution in [1.82, 2.24) is 0 Å². The van der Waals surface area contributed by atoms with E-state index in [4.69, 9.17) is 0 Å². The Morgan fingerprint density at radius 3 is 1.54 bits per heavy atom. The van der Waals surface area contributed by atoms with Gasteiger partial charge in [0.15, 0.2) is 0 Å². The highest BCUT2D eigenvalue weighted by atomic mass is 19.1. The van der Waals surface area contributed by atoms with Gasteiger partial charge in [0.1, 0.15) is 5.82 Å². The van der Waals surface area contributed by atoms with E-state index in [9.17, 15) is 9.65 Å². The number of hydrogen-bond acceptors (Lipinski definition) is 2. The van der Waals surface area contributed by atoms with Crippen molar-refractivity contribution < 1.29 is 4.39 Å². The molecule has 0 spiro atoms. The number of nitrogens with zero attached hydrogens (tertiary/aromatic N) is 2. The molecule has 8 aromatic rings. The molecule has 0 saturated heterocycles. The number of fused-ring (bicyclic) bond motifs is 1. The van der Waals surface area contributed by atoms with Gasteiger partial charge in [-0.15, -0.1) is 0 Å². The molecule has 236 valence electrons. The molecule has 0 bridgehead atoms. The molecule has 0 radical (unpaired) electrons. The van der Waals surface area contributed by atoms with Gasteiger partial charge in [0, 0.05) is 17.1 Å². The zero-order valence-corrected chi connectivity index (χ0v) is 27.2. The van der Waals surface area contributed by atoms with Gasteiger partial charge in [0.2, 0.25) is 0 Å². The lowest BCUT2D eigenvalue weighted by molar-refractivity contribution is 0.628. The fourth-order valence-electron chi connectivity index (χ4n) is 6.73. The normalized spacial score (nSPS) is 10.9. The third-order valence-electron chi connectivity index (χ3n) is 9.14. The third-order valence-corrected chi connectivity index (χ3v) is 9.14. The molecule has 0 aliphatic carbocycles. The third kappa shape index (κ3) is 6.03. The predicted molar refractivity (Wildman–Crippen MR) is 205 cm³/mol. The molecule has 0 atom stereocenters. The average Bonchev–Trinajstić information content (AvgIpc) is 3.18. The Labute approximate surface area is 291 Å². The van der Waals surface area contributed by atoms with Gasteiger partial charge in [-0.25, -0.2) is 4.39 Å². The van der Waals surface area contributed by atoms with E-state index in [0.717, 1.165) is 66.8 Å². The molecule has 50 heavy (non-hydrogen) atoms. The van der Waals surface area contributed by atoms with Crippen LogP contribution in [-0.2, 0) is 0 Å². The molecule has 8 rings (SSSR count). The molecule has 2 nitrogen and oxygen atoms in total. The van der Waals surface area contributed by atoms with Crippen LogP contribution in [0.3, 0.4) is 0 Å². The van der Waals surface area contributed by atoms with E-state index < -0.39 is 0 Å². The van der Waals surface area contributed by atoms with Gasteiger partial charge in [0.25, 0.3) is 0 Å². The number of nitriles is 1. The number of rotatable bonds is 7. The summed E-state index contributed by atoms with van der Waals surface area (Å²) in [6, 6.07) is 65.5. The van der Waals surface area contributed by atoms with Crippen molar-refractivity contribution >= 4 is 27.8 Å². The van der Waals surface area contributed by atoms with Crippen LogP contribution in [0.25, 0.3) is 55.3 Å². The standard InChI is InChI=1S/C47H31FN2/c48-41-16-4-14-39(29-41)45-19-7-11-37-12-8-20-46(47(37)45)40-15-6-18-44(31-40)50(42-27-25-35(26-28-42)34-9-2-1-3-10-34)43-17-5-13-38(30-43)36-23-21-33(32-49)22-24-36/h1-31H. The molecule has 0 saturated carbocycles. The van der Waals surface area contributed by atoms with E-state index in [1.54, 1.807) is 12.1 Å². The molecule has 0 fully saturated rings. The van der Waals surface area contributed by atoms with Crippen molar-refractivity contribution in [1.29, 1.82) is 5.26 Å². The molecule has 0 aliphatic rings. The van der Waals surface area contributed by atoms with Crippen LogP contribution in [0.4, 0.5) is 21.5 Å². The van der Waals surface area contributed by atoms with Crippen LogP contribution < -0.4 is 4.90 Å². The second kappa shape index (κ2) is 13.4. The summed E-state index contributed by atoms with van der Waals surface area (Å²) in [5, 5.41) is 11.5. The second-order valence-electron chi connectivity index (χ2n) is 12.3. The summed E-state index contributed by atoms with van der Waals surface area (Å²) < 4.78 is 14.4. The minimum absolute atomic E-state index is 0.254. The van der Waals surface area contributed by atoms with Crippen molar-refractivity contribution in [2.45, 2.75) is 0 Å². The van der Waals surface area contributed by atoms with Crippen molar-refractivity contribution in [3.63, 3.8) is 0 Å². The summed E-state index contributed by atoms with van der Waals surface area (Å²) >= 11 is 0. The van der Waals surface area contributed by atoms with Crippen LogP contribution in [0.5, 0.6) is 0 Å². The molecule has 8 aromatic carbocycles. The Morgan fingerprint density at radius 1 is 0.400 bits per heavy atom. The van der Waals surface area contributed by atoms with Gasteiger partial charge in [-0.3, -0.25) is 0 Å². The molecule has 0 N–H and O–H groups in total. The fourth-order valence-corrected chi connectivity index (χ4v) is 6.73. The van der Waals surface area contributed by atoms with Gasteiger partial charge in [-0.1, -0.05) is 127 Å². The molecule has 0 aromatic heterocycles. The largest absolute Gasteiger partial charge is 0.310 e. The first kappa shape index (κ1) is 30.6. The number of anilines is 3. The van der Waals surface area contributed by atoms with E-state index in [1.807, 2.05) is 42.5 Å². The fraction of sp³-hybridized carbons (Fsp3) is 0. The predicted octanol–water partition coefficient (Wildman–Crippen LogP) is 13.0. The lowest BCUT2D eigenvalue weighted by Crippen LogP contribution is -2.10. The van der Waals surface area contributed by atoms with E-state index in [-0.39, 0.29) is 5.82 Å². The highest BCUT2D eigenvalue weighted by Gasteiger charge is 2.17. The highest BCUT2D eigenvalue weighted by molar-refractivity contribution is 6.06. The summed E-state index contributed by atoms with van der Waals surface area (Å²) in [7, 11) is 0. The Bertz CT molecular complexity index is 2490. The van der Waals surface area contributed by atoms with Gasteiger partial charge in [-0.2, -0.15) is 5.26 Å². The van der Waals surface area contributed by atoms with Gasteiger partial charge < -0.3 is 4.90 Å². The molecule has 0 amide bonds. The maximum absolute atomic E-state index is 14.4. The first-order valence-corrected chi connectivity index (χ1v) is 16.6. The molecular weight excluding hydrogens is 612 g/mol. The van der Waals surface area contributed by atoms with Crippen LogP contribution in [0, 0.1) is 17.1 Å². The van der Waals surface area contributed by atoms with Crippen LogP contribution in [0.15, 0.2) is 188 Å². The lowest BCUT2D eigenvalue weighted by atomic mass is 9.91. The first-order chi connectivity index (χ1) is 24.6. The lowest BCUT2D eigenvalue weighted by Gasteiger charge is -2.27. The molecule has 0 aliphatic heterocycles. The second-order valence-corrected chi connectivity index (χ2v) is 12.3. The van der Waals surface area contributed by atoms with E-state index in [0.29, 0.717) is 5.56 Å². The summed E-state index contributed by atoms with van der Waals surface area (Å²) in [5.41, 5.74) is 12.1. The quantitative estimate of drug-likeness (QED) is 0.173. The van der Waals surface area contributed by atoms with E-state index in [1.165, 1.54) is 11.6 Å². The topological polar surface area (TPSA) is 27.0 Å². The minimum Gasteiger partial charge on any atom is -0.310 e. The molecule has 0 heterocycles. The first-order valence-electron chi connectivity index (χ1n) is 16.6. The van der Waals surface area contributed by atoms with Gasteiger partial charge >= 0.3 is 0 Å². The van der Waals surface area contributed by atoms with Crippen molar-refractivity contribution in [2.24, 2.45) is 0 Å². The summed E-state index contributed by atoms with van der Waals surface area (Å²) in [5.74, 6) is -0.254. The molecular formula is C47H31FN2. The Hall–Kier alpha value is -6.76. The van der Waals surface area contributed by atoms with Crippen molar-refractivity contribution in [3.05, 3.63) is 199 Å². The van der Waals surface area contributed by atoms with Crippen LogP contribution in [0.2, 0.25) is 0 Å². The maximum atomic E-state index is 14.4. The van der Waals surface area contributed by atoms with Crippen LogP contribution in [-0.4, -0.2) is 0 Å². The van der Waals surface area contributed by atoms with E-state index in [2.05, 4.69) is 138 Å². The number of benzene rings is 8. The number of halogens is 1. The zero-order chi connectivity index (χ0) is 33.9. The smallest absolute Gasteiger partial charge is 0.123 e. The zero-order valence-electron chi connectivity index (χ0n) is 27.2. The summed E-state index contributed by atoms with van der Waals surface area (Å²) in [6.45, 7) is 0. The van der Waals surface area contributed by atoms with Gasteiger partial charge in [-0.05, 0) is 116 Å². The molecule has 3 heteroatoms. The number of hydrogen-bond donors (Lipinski definition) is 0. The SMILES string of the molecule is N#Cc1ccc(-c2cccc(N(c3ccc(-c4ccccc4)cc3)c3cccc(-c4cccc5cccc(-c6cccc(F)c6)c45)c3)c2)cc1. The summed E-state index contributed by atoms with van der Waals surface area (Å²) in [4.78, 5) is 2.28. The Morgan fingerprint density at radius 2 is 0.900 bits per heavy atom.